The number of rotatable bonds is 3. The van der Waals surface area contributed by atoms with Crippen LogP contribution in [-0.2, 0) is 0 Å². The minimum atomic E-state index is -1.18. The van der Waals surface area contributed by atoms with Gasteiger partial charge in [-0.25, -0.2) is 4.79 Å². The summed E-state index contributed by atoms with van der Waals surface area (Å²) in [6.45, 7) is 3.89. The minimum Gasteiger partial charge on any atom is -0.465 e. The van der Waals surface area contributed by atoms with Crippen molar-refractivity contribution in [3.05, 3.63) is 30.1 Å². The monoisotopic (exact) mass is 247 g/mol. The molecule has 6 nitrogen and oxygen atoms in total. The van der Waals surface area contributed by atoms with E-state index in [0.29, 0.717) is 5.69 Å². The van der Waals surface area contributed by atoms with Crippen LogP contribution >= 0.6 is 0 Å². The molecule has 0 saturated carbocycles. The maximum Gasteiger partial charge on any atom is 0.411 e. The lowest BCUT2D eigenvalue weighted by molar-refractivity contribution is 0.208. The Morgan fingerprint density at radius 1 is 1.50 bits per heavy atom. The van der Waals surface area contributed by atoms with Gasteiger partial charge in [-0.15, -0.1) is 0 Å². The maximum atomic E-state index is 10.7. The fourth-order valence-corrected chi connectivity index (χ4v) is 1.73. The van der Waals surface area contributed by atoms with Gasteiger partial charge in [0.2, 0.25) is 5.88 Å². The zero-order valence-electron chi connectivity index (χ0n) is 10.0. The van der Waals surface area contributed by atoms with Gasteiger partial charge >= 0.3 is 6.09 Å². The number of hydrogen-bond acceptors (Lipinski definition) is 4. The summed E-state index contributed by atoms with van der Waals surface area (Å²) < 4.78 is 5.05. The molecule has 2 N–H and O–H groups in total. The van der Waals surface area contributed by atoms with Crippen molar-refractivity contribution in [2.24, 2.45) is 0 Å². The topological polar surface area (TPSA) is 88.3 Å². The summed E-state index contributed by atoms with van der Waals surface area (Å²) in [6, 6.07) is 3.64. The van der Waals surface area contributed by atoms with Gasteiger partial charge in [0.05, 0.1) is 0 Å². The number of hydrogen-bond donors (Lipinski definition) is 2. The van der Waals surface area contributed by atoms with E-state index in [4.69, 9.17) is 9.63 Å². The van der Waals surface area contributed by atoms with Crippen molar-refractivity contribution in [1.29, 1.82) is 0 Å². The van der Waals surface area contributed by atoms with Crippen molar-refractivity contribution in [2.45, 2.75) is 19.8 Å². The van der Waals surface area contributed by atoms with E-state index in [1.54, 1.807) is 18.5 Å². The van der Waals surface area contributed by atoms with Gasteiger partial charge in [0.1, 0.15) is 5.69 Å². The summed E-state index contributed by atoms with van der Waals surface area (Å²) in [7, 11) is 0. The number of nitrogens with one attached hydrogen (secondary N) is 1. The second-order valence-electron chi connectivity index (χ2n) is 4.10. The maximum absolute atomic E-state index is 10.7. The van der Waals surface area contributed by atoms with Crippen molar-refractivity contribution >= 4 is 12.0 Å². The van der Waals surface area contributed by atoms with Gasteiger partial charge in [0.15, 0.2) is 0 Å². The van der Waals surface area contributed by atoms with E-state index in [1.807, 2.05) is 19.9 Å². The number of pyridine rings is 1. The first-order valence-corrected chi connectivity index (χ1v) is 5.49. The zero-order chi connectivity index (χ0) is 13.1. The molecule has 0 saturated heterocycles. The molecule has 2 aromatic heterocycles. The second kappa shape index (κ2) is 4.87. The van der Waals surface area contributed by atoms with Crippen LogP contribution in [-0.4, -0.2) is 21.3 Å². The molecule has 2 rings (SSSR count). The Morgan fingerprint density at radius 2 is 2.28 bits per heavy atom. The third-order valence-corrected chi connectivity index (χ3v) is 2.46. The number of carboxylic acid groups (broad SMARTS) is 1. The molecule has 18 heavy (non-hydrogen) atoms. The van der Waals surface area contributed by atoms with E-state index >= 15 is 0 Å². The Morgan fingerprint density at radius 3 is 2.83 bits per heavy atom. The lowest BCUT2D eigenvalue weighted by Crippen LogP contribution is -2.08. The van der Waals surface area contributed by atoms with Crippen molar-refractivity contribution < 1.29 is 14.4 Å². The molecule has 0 unspecified atom stereocenters. The Balaban J connectivity index is 2.49. The fraction of sp³-hybridized carbons (Fsp3) is 0.250. The molecule has 0 aliphatic heterocycles. The van der Waals surface area contributed by atoms with Crippen LogP contribution in [0.5, 0.6) is 0 Å². The highest BCUT2D eigenvalue weighted by Gasteiger charge is 2.21. The van der Waals surface area contributed by atoms with Crippen molar-refractivity contribution in [3.63, 3.8) is 0 Å². The summed E-state index contributed by atoms with van der Waals surface area (Å²) in [5, 5.41) is 14.9. The zero-order valence-corrected chi connectivity index (χ0v) is 10.0. The SMILES string of the molecule is CC(C)c1c(-c2cccnc2)noc1NC(=O)O. The highest BCUT2D eigenvalue weighted by atomic mass is 16.5. The van der Waals surface area contributed by atoms with Gasteiger partial charge in [-0.05, 0) is 18.1 Å². The van der Waals surface area contributed by atoms with E-state index in [-0.39, 0.29) is 11.8 Å². The summed E-state index contributed by atoms with van der Waals surface area (Å²) in [5.41, 5.74) is 2.13. The number of carbonyl (C=O) groups is 1. The van der Waals surface area contributed by atoms with Gasteiger partial charge in [0.25, 0.3) is 0 Å². The molecule has 0 radical (unpaired) electrons. The molecule has 0 spiro atoms. The predicted octanol–water partition coefficient (Wildman–Crippen LogP) is 2.95. The van der Waals surface area contributed by atoms with Crippen LogP contribution in [0.4, 0.5) is 10.7 Å². The first-order chi connectivity index (χ1) is 8.59. The Kier molecular flexibility index (Phi) is 3.27. The lowest BCUT2D eigenvalue weighted by atomic mass is 9.99. The molecule has 94 valence electrons. The van der Waals surface area contributed by atoms with Crippen LogP contribution < -0.4 is 5.32 Å². The molecule has 0 aliphatic rings. The summed E-state index contributed by atoms with van der Waals surface area (Å²) in [6.07, 6.45) is 2.15. The Hall–Kier alpha value is -2.37. The Labute approximate surface area is 104 Å². The molecule has 0 atom stereocenters. The normalized spacial score (nSPS) is 10.6. The highest BCUT2D eigenvalue weighted by molar-refractivity contribution is 5.84. The van der Waals surface area contributed by atoms with Crippen LogP contribution in [0.1, 0.15) is 25.3 Å². The number of aromatic nitrogens is 2. The fourth-order valence-electron chi connectivity index (χ4n) is 1.73. The molecular weight excluding hydrogens is 234 g/mol. The molecule has 0 bridgehead atoms. The average Bonchev–Trinajstić information content (AvgIpc) is 2.73. The molecular formula is C12H13N3O3. The number of amides is 1. The van der Waals surface area contributed by atoms with E-state index in [2.05, 4.69) is 15.5 Å². The van der Waals surface area contributed by atoms with Crippen LogP contribution in [0.25, 0.3) is 11.3 Å². The van der Waals surface area contributed by atoms with Crippen LogP contribution in [0.15, 0.2) is 29.0 Å². The molecule has 0 aromatic carbocycles. The minimum absolute atomic E-state index is 0.0771. The summed E-state index contributed by atoms with van der Waals surface area (Å²) in [5.74, 6) is 0.240. The predicted molar refractivity (Wildman–Crippen MR) is 65.5 cm³/mol. The van der Waals surface area contributed by atoms with E-state index in [1.165, 1.54) is 0 Å². The molecule has 1 amide bonds. The van der Waals surface area contributed by atoms with Gasteiger partial charge in [-0.2, -0.15) is 0 Å². The van der Waals surface area contributed by atoms with Gasteiger partial charge < -0.3 is 9.63 Å². The molecule has 2 heterocycles. The third-order valence-electron chi connectivity index (χ3n) is 2.46. The molecule has 0 fully saturated rings. The molecule has 2 aromatic rings. The molecule has 6 heteroatoms. The van der Waals surface area contributed by atoms with Gasteiger partial charge in [0, 0.05) is 23.5 Å². The number of anilines is 1. The van der Waals surface area contributed by atoms with Gasteiger partial charge in [-0.3, -0.25) is 10.3 Å². The van der Waals surface area contributed by atoms with E-state index < -0.39 is 6.09 Å². The van der Waals surface area contributed by atoms with E-state index in [9.17, 15) is 4.79 Å². The molecule has 0 aliphatic carbocycles. The number of nitrogens with zero attached hydrogens (tertiary/aromatic N) is 2. The second-order valence-corrected chi connectivity index (χ2v) is 4.10. The standard InChI is InChI=1S/C12H13N3O3/c1-7(2)9-10(8-4-3-5-13-6-8)15-18-11(9)14-12(16)17/h3-7,14H,1-2H3,(H,16,17). The smallest absolute Gasteiger partial charge is 0.411 e. The first kappa shape index (κ1) is 12.1. The van der Waals surface area contributed by atoms with Crippen LogP contribution in [0.2, 0.25) is 0 Å². The van der Waals surface area contributed by atoms with Crippen LogP contribution in [0, 0.1) is 0 Å². The summed E-state index contributed by atoms with van der Waals surface area (Å²) >= 11 is 0. The van der Waals surface area contributed by atoms with Gasteiger partial charge in [-0.1, -0.05) is 19.0 Å². The average molecular weight is 247 g/mol. The quantitative estimate of drug-likeness (QED) is 0.870. The highest BCUT2D eigenvalue weighted by Crippen LogP contribution is 2.34. The first-order valence-electron chi connectivity index (χ1n) is 5.49. The van der Waals surface area contributed by atoms with Crippen molar-refractivity contribution in [3.8, 4) is 11.3 Å². The lowest BCUT2D eigenvalue weighted by Gasteiger charge is -2.06. The third kappa shape index (κ3) is 2.32. The summed E-state index contributed by atoms with van der Waals surface area (Å²) in [4.78, 5) is 14.7. The van der Waals surface area contributed by atoms with Crippen LogP contribution in [0.3, 0.4) is 0 Å². The van der Waals surface area contributed by atoms with Crippen molar-refractivity contribution in [1.82, 2.24) is 10.1 Å². The largest absolute Gasteiger partial charge is 0.465 e. The van der Waals surface area contributed by atoms with Crippen molar-refractivity contribution in [2.75, 3.05) is 5.32 Å². The van der Waals surface area contributed by atoms with E-state index in [0.717, 1.165) is 11.1 Å². The Bertz CT molecular complexity index is 549.